The molecule has 2 aromatic rings. The van der Waals surface area contributed by atoms with Crippen LogP contribution in [0.3, 0.4) is 0 Å². The molecule has 7 heteroatoms. The summed E-state index contributed by atoms with van der Waals surface area (Å²) < 4.78 is 5.21. The highest BCUT2D eigenvalue weighted by Crippen LogP contribution is 2.41. The van der Waals surface area contributed by atoms with E-state index in [0.717, 1.165) is 37.0 Å². The van der Waals surface area contributed by atoms with Crippen LogP contribution in [0.15, 0.2) is 42.5 Å². The number of urea groups is 1. The van der Waals surface area contributed by atoms with E-state index in [1.54, 1.807) is 25.3 Å². The lowest BCUT2D eigenvalue weighted by atomic mass is 10.0. The molecule has 1 atom stereocenters. The van der Waals surface area contributed by atoms with E-state index >= 15 is 0 Å². The highest BCUT2D eigenvalue weighted by molar-refractivity contribution is 6.34. The van der Waals surface area contributed by atoms with Gasteiger partial charge in [-0.1, -0.05) is 23.7 Å². The van der Waals surface area contributed by atoms with Gasteiger partial charge < -0.3 is 20.7 Å². The van der Waals surface area contributed by atoms with E-state index in [9.17, 15) is 9.59 Å². The molecule has 3 amide bonds. The van der Waals surface area contributed by atoms with Gasteiger partial charge in [0.1, 0.15) is 5.75 Å². The molecule has 6 nitrogen and oxygen atoms in total. The monoisotopic (exact) mass is 413 g/mol. The van der Waals surface area contributed by atoms with Crippen LogP contribution in [0.2, 0.25) is 5.02 Å². The van der Waals surface area contributed by atoms with E-state index < -0.39 is 0 Å². The first-order valence-corrected chi connectivity index (χ1v) is 10.2. The summed E-state index contributed by atoms with van der Waals surface area (Å²) in [6.07, 6.45) is 4.17. The van der Waals surface area contributed by atoms with Crippen molar-refractivity contribution in [3.8, 4) is 5.75 Å². The largest absolute Gasteiger partial charge is 0.497 e. The van der Waals surface area contributed by atoms with Crippen LogP contribution in [-0.4, -0.2) is 25.1 Å². The highest BCUT2D eigenvalue weighted by atomic mass is 35.5. The Balaban J connectivity index is 1.43. The fraction of sp³-hybridized carbons (Fsp3) is 0.364. The number of ether oxygens (including phenoxy) is 1. The molecule has 2 fully saturated rings. The maximum atomic E-state index is 12.6. The van der Waals surface area contributed by atoms with E-state index in [-0.39, 0.29) is 24.0 Å². The topological polar surface area (TPSA) is 79.5 Å². The number of hydrogen-bond acceptors (Lipinski definition) is 3. The van der Waals surface area contributed by atoms with Gasteiger partial charge in [0.05, 0.1) is 23.7 Å². The first-order chi connectivity index (χ1) is 14.0. The third-order valence-corrected chi connectivity index (χ3v) is 5.57. The van der Waals surface area contributed by atoms with Crippen molar-refractivity contribution < 1.29 is 14.3 Å². The number of nitrogens with one attached hydrogen (secondary N) is 3. The van der Waals surface area contributed by atoms with Crippen molar-refractivity contribution in [3.63, 3.8) is 0 Å². The Labute approximate surface area is 175 Å². The number of hydrogen-bond donors (Lipinski definition) is 3. The molecule has 2 aliphatic carbocycles. The van der Waals surface area contributed by atoms with Gasteiger partial charge >= 0.3 is 6.03 Å². The van der Waals surface area contributed by atoms with Gasteiger partial charge in [-0.15, -0.1) is 0 Å². The van der Waals surface area contributed by atoms with Gasteiger partial charge in [0, 0.05) is 11.7 Å². The van der Waals surface area contributed by atoms with Crippen molar-refractivity contribution in [1.29, 1.82) is 0 Å². The van der Waals surface area contributed by atoms with Crippen molar-refractivity contribution in [2.24, 2.45) is 5.92 Å². The molecule has 0 spiro atoms. The number of benzene rings is 2. The molecule has 0 aromatic heterocycles. The second kappa shape index (κ2) is 8.33. The third-order valence-electron chi connectivity index (χ3n) is 5.24. The number of anilines is 1. The number of carbonyl (C=O) groups excluding carboxylic acids is 2. The van der Waals surface area contributed by atoms with Gasteiger partial charge in [-0.05, 0) is 67.5 Å². The van der Waals surface area contributed by atoms with Crippen LogP contribution in [0.25, 0.3) is 0 Å². The minimum atomic E-state index is -0.311. The predicted molar refractivity (Wildman–Crippen MR) is 113 cm³/mol. The Morgan fingerprint density at radius 1 is 1.07 bits per heavy atom. The smallest absolute Gasteiger partial charge is 0.319 e. The molecule has 0 bridgehead atoms. The van der Waals surface area contributed by atoms with E-state index in [1.807, 2.05) is 24.3 Å². The molecule has 29 heavy (non-hydrogen) atoms. The first-order valence-electron chi connectivity index (χ1n) is 9.85. The predicted octanol–water partition coefficient (Wildman–Crippen LogP) is 4.51. The number of rotatable bonds is 7. The van der Waals surface area contributed by atoms with Gasteiger partial charge in [-0.3, -0.25) is 4.79 Å². The molecule has 0 heterocycles. The number of carbonyl (C=O) groups is 2. The molecule has 152 valence electrons. The lowest BCUT2D eigenvalue weighted by molar-refractivity contribution is 0.0951. The lowest BCUT2D eigenvalue weighted by Crippen LogP contribution is -2.33. The molecule has 4 rings (SSSR count). The van der Waals surface area contributed by atoms with Crippen molar-refractivity contribution >= 4 is 29.2 Å². The van der Waals surface area contributed by atoms with Gasteiger partial charge in [0.15, 0.2) is 0 Å². The average Bonchev–Trinajstić information content (AvgIpc) is 3.62. The Hall–Kier alpha value is -2.73. The first kappa shape index (κ1) is 19.6. The van der Waals surface area contributed by atoms with Crippen molar-refractivity contribution in [2.75, 3.05) is 12.4 Å². The Morgan fingerprint density at radius 2 is 1.79 bits per heavy atom. The van der Waals surface area contributed by atoms with Gasteiger partial charge in [0.25, 0.3) is 5.91 Å². The molecule has 2 aromatic carbocycles. The zero-order valence-electron chi connectivity index (χ0n) is 16.2. The van der Waals surface area contributed by atoms with Crippen molar-refractivity contribution in [2.45, 2.75) is 37.8 Å². The van der Waals surface area contributed by atoms with E-state index in [1.165, 1.54) is 0 Å². The van der Waals surface area contributed by atoms with Gasteiger partial charge in [-0.25, -0.2) is 4.79 Å². The Morgan fingerprint density at radius 3 is 2.41 bits per heavy atom. The van der Waals surface area contributed by atoms with Crippen molar-refractivity contribution in [1.82, 2.24) is 10.6 Å². The maximum absolute atomic E-state index is 12.6. The quantitative estimate of drug-likeness (QED) is 0.624. The van der Waals surface area contributed by atoms with Crippen LogP contribution >= 0.6 is 11.6 Å². The zero-order chi connectivity index (χ0) is 20.4. The highest BCUT2D eigenvalue weighted by Gasteiger charge is 2.33. The SMILES string of the molecule is COc1ccc(C(NC(=O)Nc2ccc(Cl)c(C(=O)NC3CC3)c2)C2CC2)cc1. The van der Waals surface area contributed by atoms with Crippen molar-refractivity contribution in [3.05, 3.63) is 58.6 Å². The van der Waals surface area contributed by atoms with E-state index in [0.29, 0.717) is 22.2 Å². The standard InChI is InChI=1S/C22H24ClN3O3/c1-29-17-9-4-14(5-10-17)20(13-2-3-13)26-22(28)25-16-8-11-19(23)18(12-16)21(27)24-15-6-7-15/h4-5,8-13,15,20H,2-3,6-7H2,1H3,(H,24,27)(H2,25,26,28). The fourth-order valence-corrected chi connectivity index (χ4v) is 3.49. The lowest BCUT2D eigenvalue weighted by Gasteiger charge is -2.20. The molecular formula is C22H24ClN3O3. The Bertz CT molecular complexity index is 908. The van der Waals surface area contributed by atoms with E-state index in [2.05, 4.69) is 16.0 Å². The van der Waals surface area contributed by atoms with Crippen LogP contribution in [-0.2, 0) is 0 Å². The normalized spacial score (nSPS) is 16.6. The second-order valence-corrected chi connectivity index (χ2v) is 8.04. The van der Waals surface area contributed by atoms with Gasteiger partial charge in [-0.2, -0.15) is 0 Å². The molecular weight excluding hydrogens is 390 g/mol. The zero-order valence-corrected chi connectivity index (χ0v) is 17.0. The molecule has 0 aliphatic heterocycles. The summed E-state index contributed by atoms with van der Waals surface area (Å²) in [7, 11) is 1.63. The number of amides is 3. The molecule has 2 saturated carbocycles. The molecule has 0 radical (unpaired) electrons. The summed E-state index contributed by atoms with van der Waals surface area (Å²) in [5, 5.41) is 9.17. The van der Waals surface area contributed by atoms with Crippen LogP contribution in [0.4, 0.5) is 10.5 Å². The van der Waals surface area contributed by atoms with E-state index in [4.69, 9.17) is 16.3 Å². The van der Waals surface area contributed by atoms with Gasteiger partial charge in [0.2, 0.25) is 0 Å². The molecule has 0 saturated heterocycles. The summed E-state index contributed by atoms with van der Waals surface area (Å²) in [5.41, 5.74) is 1.94. The third kappa shape index (κ3) is 5.01. The summed E-state index contributed by atoms with van der Waals surface area (Å²) in [4.78, 5) is 25.0. The van der Waals surface area contributed by atoms with Crippen LogP contribution < -0.4 is 20.7 Å². The molecule has 2 aliphatic rings. The second-order valence-electron chi connectivity index (χ2n) is 7.63. The summed E-state index contributed by atoms with van der Waals surface area (Å²) in [6, 6.07) is 12.5. The fourth-order valence-electron chi connectivity index (χ4n) is 3.29. The summed E-state index contributed by atoms with van der Waals surface area (Å²) in [5.74, 6) is 1.00. The van der Waals surface area contributed by atoms with Crippen LogP contribution in [0.1, 0.15) is 47.6 Å². The minimum Gasteiger partial charge on any atom is -0.497 e. The minimum absolute atomic E-state index is 0.0640. The summed E-state index contributed by atoms with van der Waals surface area (Å²) >= 11 is 6.17. The summed E-state index contributed by atoms with van der Waals surface area (Å²) in [6.45, 7) is 0. The average molecular weight is 414 g/mol. The maximum Gasteiger partial charge on any atom is 0.319 e. The number of halogens is 1. The molecule has 3 N–H and O–H groups in total. The Kier molecular flexibility index (Phi) is 5.62. The van der Waals surface area contributed by atoms with Crippen LogP contribution in [0.5, 0.6) is 5.75 Å². The molecule has 1 unspecified atom stereocenters. The van der Waals surface area contributed by atoms with Crippen LogP contribution in [0, 0.1) is 5.92 Å². The number of methoxy groups -OCH3 is 1.